The maximum Gasteiger partial charge on any atom is 0.246 e. The Balaban J connectivity index is 1.23. The summed E-state index contributed by atoms with van der Waals surface area (Å²) in [5, 5.41) is 9.13. The summed E-state index contributed by atoms with van der Waals surface area (Å²) in [5.74, 6) is -1.22. The number of aromatic nitrogens is 1. The number of aryl methyl sites for hydroxylation is 1. The zero-order valence-electron chi connectivity index (χ0n) is 25.2. The van der Waals surface area contributed by atoms with Crippen molar-refractivity contribution in [3.05, 3.63) is 75.8 Å². The van der Waals surface area contributed by atoms with E-state index in [0.717, 1.165) is 21.8 Å². The molecule has 13 heteroatoms. The summed E-state index contributed by atoms with van der Waals surface area (Å²) in [4.78, 5) is 63.4. The Labute approximate surface area is 271 Å². The van der Waals surface area contributed by atoms with Crippen LogP contribution in [0.3, 0.4) is 0 Å². The highest BCUT2D eigenvalue weighted by Gasteiger charge is 2.36. The predicted octanol–water partition coefficient (Wildman–Crippen LogP) is 2.96. The second kappa shape index (κ2) is 14.9. The Kier molecular flexibility index (Phi) is 10.7. The fraction of sp³-hybridized carbons (Fsp3) is 0.406. The molecule has 2 aromatic carbocycles. The lowest BCUT2D eigenvalue weighted by Crippen LogP contribution is -2.56. The number of piperazine rings is 1. The molecule has 0 spiro atoms. The van der Waals surface area contributed by atoms with Crippen molar-refractivity contribution < 1.29 is 19.2 Å². The summed E-state index contributed by atoms with van der Waals surface area (Å²) in [5.41, 5.74) is 9.08. The van der Waals surface area contributed by atoms with E-state index in [-0.39, 0.29) is 44.2 Å². The van der Waals surface area contributed by atoms with Gasteiger partial charge in [0.2, 0.25) is 23.6 Å². The van der Waals surface area contributed by atoms with Gasteiger partial charge in [-0.2, -0.15) is 0 Å². The molecule has 1 aromatic heterocycles. The fourth-order valence-electron chi connectivity index (χ4n) is 5.71. The number of halogens is 1. The number of hydrogen-bond donors (Lipinski definition) is 3. The molecule has 5 rings (SSSR count). The molecular weight excluding hydrogens is 614 g/mol. The van der Waals surface area contributed by atoms with Gasteiger partial charge in [0.1, 0.15) is 12.1 Å². The molecule has 0 radical (unpaired) electrons. The van der Waals surface area contributed by atoms with E-state index in [2.05, 4.69) is 20.5 Å². The number of benzene rings is 2. The van der Waals surface area contributed by atoms with Crippen molar-refractivity contribution in [3.63, 3.8) is 0 Å². The average molecular weight is 652 g/mol. The lowest BCUT2D eigenvalue weighted by atomic mass is 9.92. The molecular formula is C32H38ClN7O4S. The van der Waals surface area contributed by atoms with Crippen LogP contribution in [-0.4, -0.2) is 83.2 Å². The monoisotopic (exact) mass is 651 g/mol. The number of nitrogens with one attached hydrogen (secondary N) is 2. The molecule has 1 saturated heterocycles. The molecule has 45 heavy (non-hydrogen) atoms. The van der Waals surface area contributed by atoms with Crippen LogP contribution < -0.4 is 21.3 Å². The maximum absolute atomic E-state index is 13.7. The second-order valence-corrected chi connectivity index (χ2v) is 12.6. The summed E-state index contributed by atoms with van der Waals surface area (Å²) < 4.78 is 0. The van der Waals surface area contributed by atoms with Crippen LogP contribution in [0.25, 0.3) is 0 Å². The zero-order chi connectivity index (χ0) is 31.9. The Hall–Kier alpha value is -4.00. The number of hydrogen-bond acceptors (Lipinski definition) is 8. The Morgan fingerprint density at radius 3 is 2.47 bits per heavy atom. The van der Waals surface area contributed by atoms with Crippen molar-refractivity contribution in [2.75, 3.05) is 42.9 Å². The van der Waals surface area contributed by atoms with E-state index in [1.165, 1.54) is 4.90 Å². The van der Waals surface area contributed by atoms with Crippen LogP contribution in [0.4, 0.5) is 10.8 Å². The number of nitrogens with two attached hydrogens (primary N) is 1. The number of amides is 4. The number of carbonyl (C=O) groups is 4. The van der Waals surface area contributed by atoms with E-state index in [4.69, 9.17) is 17.3 Å². The molecule has 1 fully saturated rings. The van der Waals surface area contributed by atoms with Crippen LogP contribution in [0, 0.1) is 6.92 Å². The fourth-order valence-corrected chi connectivity index (χ4v) is 6.52. The molecule has 0 unspecified atom stereocenters. The number of nitrogens with zero attached hydrogens (tertiary/aromatic N) is 4. The van der Waals surface area contributed by atoms with Gasteiger partial charge < -0.3 is 31.1 Å². The molecule has 2 aliphatic heterocycles. The van der Waals surface area contributed by atoms with Crippen molar-refractivity contribution in [1.29, 1.82) is 0 Å². The molecule has 0 bridgehead atoms. The van der Waals surface area contributed by atoms with Crippen molar-refractivity contribution in [3.8, 4) is 0 Å². The van der Waals surface area contributed by atoms with Crippen LogP contribution >= 0.6 is 22.9 Å². The topological polar surface area (TPSA) is 141 Å². The largest absolute Gasteiger partial charge is 0.345 e. The first-order valence-corrected chi connectivity index (χ1v) is 16.3. The zero-order valence-corrected chi connectivity index (χ0v) is 26.8. The molecule has 238 valence electrons. The van der Waals surface area contributed by atoms with Crippen molar-refractivity contribution in [1.82, 2.24) is 20.1 Å². The molecule has 0 aliphatic carbocycles. The first-order chi connectivity index (χ1) is 21.7. The standard InChI is InChI=1S/C32H38ClN7O4S/c1-21-18-24(6-7-25(21)33)36-30(43)26(10-11-34)37-31(44)27-19-22-4-2-3-5-23(22)20-40(27)29(42)9-8-28(41)38-13-15-39(16-14-38)32-35-12-17-45-32/h2-7,12,17-18,26-27H,8-11,13-16,19-20,34H2,1H3,(H,36,43)(H,37,44)/t26-,27-/m0/s1. The van der Waals surface area contributed by atoms with Gasteiger partial charge in [-0.15, -0.1) is 11.3 Å². The summed E-state index contributed by atoms with van der Waals surface area (Å²) >= 11 is 7.69. The van der Waals surface area contributed by atoms with Gasteiger partial charge in [0.15, 0.2) is 5.13 Å². The molecule has 11 nitrogen and oxygen atoms in total. The van der Waals surface area contributed by atoms with Gasteiger partial charge in [0.25, 0.3) is 0 Å². The summed E-state index contributed by atoms with van der Waals surface area (Å²) in [6, 6.07) is 11.1. The van der Waals surface area contributed by atoms with Crippen LogP contribution in [0.2, 0.25) is 5.02 Å². The minimum absolute atomic E-state index is 0.0138. The Morgan fingerprint density at radius 1 is 1.04 bits per heavy atom. The van der Waals surface area contributed by atoms with E-state index in [1.54, 1.807) is 40.6 Å². The molecule has 3 aromatic rings. The third-order valence-corrected chi connectivity index (χ3v) is 9.52. The van der Waals surface area contributed by atoms with Gasteiger partial charge >= 0.3 is 0 Å². The summed E-state index contributed by atoms with van der Waals surface area (Å²) in [6.45, 7) is 4.76. The predicted molar refractivity (Wildman–Crippen MR) is 175 cm³/mol. The second-order valence-electron chi connectivity index (χ2n) is 11.3. The van der Waals surface area contributed by atoms with E-state index in [1.807, 2.05) is 36.6 Å². The van der Waals surface area contributed by atoms with Gasteiger partial charge in [-0.05, 0) is 54.8 Å². The highest BCUT2D eigenvalue weighted by atomic mass is 35.5. The molecule has 3 heterocycles. The highest BCUT2D eigenvalue weighted by Crippen LogP contribution is 2.26. The van der Waals surface area contributed by atoms with E-state index in [9.17, 15) is 19.2 Å². The van der Waals surface area contributed by atoms with Gasteiger partial charge in [-0.3, -0.25) is 19.2 Å². The minimum Gasteiger partial charge on any atom is -0.345 e. The van der Waals surface area contributed by atoms with Gasteiger partial charge in [0, 0.05) is 74.3 Å². The van der Waals surface area contributed by atoms with Gasteiger partial charge in [-0.25, -0.2) is 4.98 Å². The molecule has 2 aliphatic rings. The number of anilines is 2. The van der Waals surface area contributed by atoms with Crippen LogP contribution in [0.15, 0.2) is 54.0 Å². The van der Waals surface area contributed by atoms with E-state index in [0.29, 0.717) is 43.3 Å². The third kappa shape index (κ3) is 7.99. The van der Waals surface area contributed by atoms with Crippen LogP contribution in [-0.2, 0) is 32.1 Å². The number of rotatable bonds is 10. The summed E-state index contributed by atoms with van der Waals surface area (Å²) in [6.07, 6.45) is 2.33. The highest BCUT2D eigenvalue weighted by molar-refractivity contribution is 7.13. The average Bonchev–Trinajstić information content (AvgIpc) is 3.59. The van der Waals surface area contributed by atoms with E-state index >= 15 is 0 Å². The Morgan fingerprint density at radius 2 is 1.78 bits per heavy atom. The number of fused-ring (bicyclic) bond motifs is 1. The third-order valence-electron chi connectivity index (χ3n) is 8.26. The number of carbonyl (C=O) groups excluding carboxylic acids is 4. The SMILES string of the molecule is Cc1cc(NC(=O)[C@H](CCN)NC(=O)[C@@H]2Cc3ccccc3CN2C(=O)CCC(=O)N2CCN(c3nccs3)CC2)ccc1Cl. The minimum atomic E-state index is -0.905. The summed E-state index contributed by atoms with van der Waals surface area (Å²) in [7, 11) is 0. The normalized spacial score (nSPS) is 17.0. The van der Waals surface area contributed by atoms with Crippen molar-refractivity contribution in [2.24, 2.45) is 5.73 Å². The van der Waals surface area contributed by atoms with Crippen LogP contribution in [0.1, 0.15) is 36.0 Å². The Bertz CT molecular complexity index is 1530. The quantitative estimate of drug-likeness (QED) is 0.306. The van der Waals surface area contributed by atoms with Crippen molar-refractivity contribution >= 4 is 57.4 Å². The lowest BCUT2D eigenvalue weighted by Gasteiger charge is -2.37. The first kappa shape index (κ1) is 32.4. The van der Waals surface area contributed by atoms with Crippen molar-refractivity contribution in [2.45, 2.75) is 51.2 Å². The molecule has 2 atom stereocenters. The van der Waals surface area contributed by atoms with Crippen LogP contribution in [0.5, 0.6) is 0 Å². The lowest BCUT2D eigenvalue weighted by molar-refractivity contribution is -0.144. The molecule has 4 amide bonds. The van der Waals surface area contributed by atoms with Gasteiger partial charge in [-0.1, -0.05) is 35.9 Å². The number of thiazole rings is 1. The molecule has 0 saturated carbocycles. The van der Waals surface area contributed by atoms with Gasteiger partial charge in [0.05, 0.1) is 0 Å². The first-order valence-electron chi connectivity index (χ1n) is 15.1. The smallest absolute Gasteiger partial charge is 0.246 e. The maximum atomic E-state index is 13.7. The van der Waals surface area contributed by atoms with E-state index < -0.39 is 23.9 Å². The molecule has 4 N–H and O–H groups in total.